The average molecular weight is 670 g/mol. The van der Waals surface area contributed by atoms with Crippen LogP contribution in [0, 0.1) is 11.3 Å². The van der Waals surface area contributed by atoms with Gasteiger partial charge in [-0.25, -0.2) is 15.0 Å². The van der Waals surface area contributed by atoms with Crippen LogP contribution in [0.3, 0.4) is 0 Å². The van der Waals surface area contributed by atoms with Crippen molar-refractivity contribution in [3.05, 3.63) is 169 Å². The highest BCUT2D eigenvalue weighted by Crippen LogP contribution is 2.40. The quantitative estimate of drug-likeness (QED) is 0.182. The Morgan fingerprint density at radius 3 is 2.06 bits per heavy atom. The molecule has 0 saturated heterocycles. The minimum absolute atomic E-state index is 0.0764. The van der Waals surface area contributed by atoms with E-state index in [0.717, 1.165) is 38.6 Å². The summed E-state index contributed by atoms with van der Waals surface area (Å²) in [4.78, 5) is 15.2. The van der Waals surface area contributed by atoms with Gasteiger partial charge < -0.3 is 8.98 Å². The minimum atomic E-state index is -0.364. The lowest BCUT2D eigenvalue weighted by Crippen LogP contribution is -2.01. The van der Waals surface area contributed by atoms with Gasteiger partial charge in [0.05, 0.1) is 28.1 Å². The van der Waals surface area contributed by atoms with E-state index >= 15 is 0 Å². The van der Waals surface area contributed by atoms with Gasteiger partial charge >= 0.3 is 0 Å². The summed E-state index contributed by atoms with van der Waals surface area (Å²) in [5.74, 6) is 1.32. The number of nitrogens with zero attached hydrogens (tertiary/aromatic N) is 5. The van der Waals surface area contributed by atoms with Crippen molar-refractivity contribution >= 4 is 43.7 Å². The molecule has 10 aromatic rings. The van der Waals surface area contributed by atoms with Crippen LogP contribution < -0.4 is 0 Å². The zero-order valence-corrected chi connectivity index (χ0v) is 27.4. The first-order valence-corrected chi connectivity index (χ1v) is 16.8. The number of furan rings is 1. The first-order chi connectivity index (χ1) is 27.4. The van der Waals surface area contributed by atoms with Crippen LogP contribution in [0.15, 0.2) is 168 Å². The van der Waals surface area contributed by atoms with Gasteiger partial charge in [-0.2, -0.15) is 5.26 Å². The standard InChI is InChI=1S/C46H27N5O/c47-28-29-25-31(34-19-11-20-36-35-17-8-10-24-41(35)52-43(34)36)27-32(26-29)45-48-44(30-13-3-1-4-14-30)49-46(50-45)38-21-12-23-40-42(38)37-18-7-9-22-39(37)51(40)33-15-5-2-6-16-33/h1-27H/i8D,10D,17D,24D. The third kappa shape index (κ3) is 4.76. The van der Waals surface area contributed by atoms with E-state index in [1.165, 1.54) is 0 Å². The summed E-state index contributed by atoms with van der Waals surface area (Å²) in [6.07, 6.45) is 0. The van der Waals surface area contributed by atoms with Gasteiger partial charge in [0.15, 0.2) is 17.5 Å². The topological polar surface area (TPSA) is 80.5 Å². The number of aromatic nitrogens is 4. The molecule has 0 bridgehead atoms. The predicted octanol–water partition coefficient (Wildman–Crippen LogP) is 11.4. The number of para-hydroxylation sites is 4. The Morgan fingerprint density at radius 2 is 1.21 bits per heavy atom. The minimum Gasteiger partial charge on any atom is -0.455 e. The van der Waals surface area contributed by atoms with Crippen LogP contribution in [-0.2, 0) is 0 Å². The van der Waals surface area contributed by atoms with Crippen molar-refractivity contribution in [2.75, 3.05) is 0 Å². The van der Waals surface area contributed by atoms with Crippen LogP contribution in [0.4, 0.5) is 0 Å². The average Bonchev–Trinajstić information content (AvgIpc) is 3.82. The molecule has 0 unspecified atom stereocenters. The van der Waals surface area contributed by atoms with Gasteiger partial charge in [0, 0.05) is 49.5 Å². The number of hydrogen-bond donors (Lipinski definition) is 0. The summed E-state index contributed by atoms with van der Waals surface area (Å²) in [5, 5.41) is 13.2. The van der Waals surface area contributed by atoms with Gasteiger partial charge in [-0.1, -0.05) is 115 Å². The number of fused-ring (bicyclic) bond motifs is 6. The fourth-order valence-corrected chi connectivity index (χ4v) is 7.12. The van der Waals surface area contributed by atoms with Crippen LogP contribution in [-0.4, -0.2) is 19.5 Å². The Kier molecular flexibility index (Phi) is 5.86. The SMILES string of the molecule is [2H]c1c([2H])c([2H])c2c(oc3c(-c4cc(C#N)cc(-c5nc(-c6ccccc6)nc(-c6cccc7c6c6ccccc6n7-c6ccccc6)n5)c4)cccc32)c1[2H]. The predicted molar refractivity (Wildman–Crippen MR) is 208 cm³/mol. The fourth-order valence-electron chi connectivity index (χ4n) is 7.12. The maximum absolute atomic E-state index is 10.3. The molecule has 0 N–H and O–H groups in total. The smallest absolute Gasteiger partial charge is 0.164 e. The first-order valence-electron chi connectivity index (χ1n) is 18.8. The fraction of sp³-hybridized carbons (Fsp3) is 0. The first kappa shape index (κ1) is 25.6. The molecule has 0 spiro atoms. The Morgan fingerprint density at radius 1 is 0.558 bits per heavy atom. The Bertz CT molecular complexity index is 3260. The summed E-state index contributed by atoms with van der Waals surface area (Å²) in [6.45, 7) is 0. The molecule has 0 aliphatic heterocycles. The van der Waals surface area contributed by atoms with Crippen molar-refractivity contribution in [3.63, 3.8) is 0 Å². The van der Waals surface area contributed by atoms with E-state index in [9.17, 15) is 5.26 Å². The monoisotopic (exact) mass is 669 g/mol. The van der Waals surface area contributed by atoms with E-state index in [1.807, 2.05) is 91.0 Å². The molecule has 0 aliphatic carbocycles. The molecule has 0 fully saturated rings. The Balaban J connectivity index is 1.22. The second-order valence-electron chi connectivity index (χ2n) is 12.5. The van der Waals surface area contributed by atoms with Crippen LogP contribution in [0.25, 0.3) is 94.7 Å². The van der Waals surface area contributed by atoms with Crippen molar-refractivity contribution in [1.82, 2.24) is 19.5 Å². The molecule has 6 nitrogen and oxygen atoms in total. The molecule has 242 valence electrons. The molecular weight excluding hydrogens is 639 g/mol. The summed E-state index contributed by atoms with van der Waals surface area (Å²) < 4.78 is 42.1. The summed E-state index contributed by atoms with van der Waals surface area (Å²) in [6, 6.07) is 46.5. The van der Waals surface area contributed by atoms with Crippen LogP contribution in [0.1, 0.15) is 11.0 Å². The lowest BCUT2D eigenvalue weighted by Gasteiger charge is -2.12. The molecule has 3 aromatic heterocycles. The lowest BCUT2D eigenvalue weighted by molar-refractivity contribution is 0.670. The zero-order chi connectivity index (χ0) is 38.1. The molecule has 10 rings (SSSR count). The summed E-state index contributed by atoms with van der Waals surface area (Å²) in [7, 11) is 0. The van der Waals surface area contributed by atoms with E-state index in [-0.39, 0.29) is 29.8 Å². The van der Waals surface area contributed by atoms with Crippen LogP contribution >= 0.6 is 0 Å². The van der Waals surface area contributed by atoms with Gasteiger partial charge in [-0.05, 0) is 54.1 Å². The molecule has 6 heteroatoms. The summed E-state index contributed by atoms with van der Waals surface area (Å²) in [5.41, 5.74) is 7.40. The molecule has 0 atom stereocenters. The van der Waals surface area contributed by atoms with Gasteiger partial charge in [-0.15, -0.1) is 0 Å². The van der Waals surface area contributed by atoms with Crippen molar-refractivity contribution in [3.8, 4) is 57.0 Å². The molecular formula is C46H27N5O. The van der Waals surface area contributed by atoms with Gasteiger partial charge in [-0.3, -0.25) is 0 Å². The maximum Gasteiger partial charge on any atom is 0.164 e. The van der Waals surface area contributed by atoms with E-state index in [2.05, 4.69) is 41.0 Å². The highest BCUT2D eigenvalue weighted by molar-refractivity contribution is 6.15. The number of benzene rings is 7. The highest BCUT2D eigenvalue weighted by Gasteiger charge is 2.20. The molecule has 7 aromatic carbocycles. The van der Waals surface area contributed by atoms with Crippen LogP contribution in [0.5, 0.6) is 0 Å². The molecule has 3 heterocycles. The van der Waals surface area contributed by atoms with Gasteiger partial charge in [0.1, 0.15) is 11.2 Å². The zero-order valence-electron chi connectivity index (χ0n) is 31.4. The lowest BCUT2D eigenvalue weighted by atomic mass is 9.98. The second-order valence-corrected chi connectivity index (χ2v) is 12.5. The number of nitriles is 1. The van der Waals surface area contributed by atoms with Crippen LogP contribution in [0.2, 0.25) is 0 Å². The van der Waals surface area contributed by atoms with E-state index in [4.69, 9.17) is 24.9 Å². The Hall–Kier alpha value is -7.36. The van der Waals surface area contributed by atoms with Gasteiger partial charge in [0.25, 0.3) is 0 Å². The summed E-state index contributed by atoms with van der Waals surface area (Å²) >= 11 is 0. The Labute approximate surface area is 304 Å². The molecule has 52 heavy (non-hydrogen) atoms. The third-order valence-corrected chi connectivity index (χ3v) is 9.39. The van der Waals surface area contributed by atoms with E-state index in [0.29, 0.717) is 56.1 Å². The molecule has 0 saturated carbocycles. The largest absolute Gasteiger partial charge is 0.455 e. The highest BCUT2D eigenvalue weighted by atomic mass is 16.3. The second kappa shape index (κ2) is 11.9. The normalized spacial score (nSPS) is 12.5. The maximum atomic E-state index is 10.3. The van der Waals surface area contributed by atoms with Crippen molar-refractivity contribution in [1.29, 1.82) is 5.26 Å². The van der Waals surface area contributed by atoms with E-state index in [1.54, 1.807) is 18.2 Å². The number of hydrogen-bond acceptors (Lipinski definition) is 5. The van der Waals surface area contributed by atoms with E-state index < -0.39 is 0 Å². The molecule has 0 radical (unpaired) electrons. The molecule has 0 amide bonds. The molecule has 0 aliphatic rings. The third-order valence-electron chi connectivity index (χ3n) is 9.39. The van der Waals surface area contributed by atoms with Gasteiger partial charge in [0.2, 0.25) is 0 Å². The van der Waals surface area contributed by atoms with Crippen molar-refractivity contribution in [2.45, 2.75) is 0 Å². The number of rotatable bonds is 5. The van der Waals surface area contributed by atoms with Crippen molar-refractivity contribution < 1.29 is 9.90 Å². The van der Waals surface area contributed by atoms with Crippen molar-refractivity contribution in [2.24, 2.45) is 0 Å².